The molecule has 5 rings (SSSR count). The number of amides is 1. The van der Waals surface area contributed by atoms with Crippen molar-refractivity contribution in [2.75, 3.05) is 12.0 Å². The van der Waals surface area contributed by atoms with Gasteiger partial charge in [-0.3, -0.25) is 4.79 Å². The van der Waals surface area contributed by atoms with E-state index in [4.69, 9.17) is 4.74 Å². The zero-order valence-electron chi connectivity index (χ0n) is 16.5. The van der Waals surface area contributed by atoms with E-state index >= 15 is 0 Å². The van der Waals surface area contributed by atoms with Gasteiger partial charge in [-0.2, -0.15) is 0 Å². The molecule has 1 aliphatic carbocycles. The van der Waals surface area contributed by atoms with E-state index in [0.29, 0.717) is 6.54 Å². The smallest absolute Gasteiger partial charge is 0.335 e. The van der Waals surface area contributed by atoms with Crippen molar-refractivity contribution >= 4 is 17.6 Å². The molecule has 0 aromatic heterocycles. The maximum Gasteiger partial charge on any atom is 0.335 e. The molecule has 1 saturated carbocycles. The summed E-state index contributed by atoms with van der Waals surface area (Å²) in [6, 6.07) is 22.7. The van der Waals surface area contributed by atoms with Crippen molar-refractivity contribution in [1.29, 1.82) is 0 Å². The summed E-state index contributed by atoms with van der Waals surface area (Å²) >= 11 is 0. The first-order valence-electron chi connectivity index (χ1n) is 9.92. The quantitative estimate of drug-likeness (QED) is 0.692. The van der Waals surface area contributed by atoms with Gasteiger partial charge in [-0.15, -0.1) is 0 Å². The van der Waals surface area contributed by atoms with Crippen LogP contribution in [0, 0.1) is 0 Å². The zero-order chi connectivity index (χ0) is 20.9. The monoisotopic (exact) mass is 399 g/mol. The van der Waals surface area contributed by atoms with E-state index in [1.165, 1.54) is 0 Å². The summed E-state index contributed by atoms with van der Waals surface area (Å²) in [5.41, 5.74) is 3.61. The molecule has 2 aliphatic rings. The number of anilines is 1. The van der Waals surface area contributed by atoms with Gasteiger partial charge in [-0.1, -0.05) is 42.5 Å². The van der Waals surface area contributed by atoms with Crippen LogP contribution in [0.15, 0.2) is 72.8 Å². The highest BCUT2D eigenvalue weighted by Gasteiger charge is 2.67. The van der Waals surface area contributed by atoms with E-state index in [1.54, 1.807) is 30.2 Å². The van der Waals surface area contributed by atoms with Gasteiger partial charge in [-0.05, 0) is 53.4 Å². The summed E-state index contributed by atoms with van der Waals surface area (Å²) in [4.78, 5) is 26.8. The molecular weight excluding hydrogens is 378 g/mol. The van der Waals surface area contributed by atoms with Crippen LogP contribution in [-0.2, 0) is 16.8 Å². The molecule has 5 nitrogen and oxygen atoms in total. The van der Waals surface area contributed by atoms with Gasteiger partial charge in [0, 0.05) is 11.6 Å². The second-order valence-corrected chi connectivity index (χ2v) is 7.92. The number of ether oxygens (including phenoxy) is 1. The van der Waals surface area contributed by atoms with E-state index < -0.39 is 11.4 Å². The third-order valence-electron chi connectivity index (χ3n) is 6.30. The van der Waals surface area contributed by atoms with E-state index in [2.05, 4.69) is 0 Å². The Labute approximate surface area is 174 Å². The van der Waals surface area contributed by atoms with E-state index in [9.17, 15) is 14.7 Å². The predicted octanol–water partition coefficient (Wildman–Crippen LogP) is 4.37. The topological polar surface area (TPSA) is 66.8 Å². The van der Waals surface area contributed by atoms with Crippen LogP contribution in [-0.4, -0.2) is 24.1 Å². The maximum atomic E-state index is 13.7. The molecule has 1 heterocycles. The number of methoxy groups -OCH3 is 1. The number of para-hydroxylation sites is 1. The van der Waals surface area contributed by atoms with Gasteiger partial charge in [0.25, 0.3) is 0 Å². The predicted molar refractivity (Wildman–Crippen MR) is 113 cm³/mol. The van der Waals surface area contributed by atoms with Crippen LogP contribution >= 0.6 is 0 Å². The number of hydrogen-bond donors (Lipinski definition) is 1. The Hall–Kier alpha value is -3.60. The molecule has 0 radical (unpaired) electrons. The van der Waals surface area contributed by atoms with E-state index in [0.717, 1.165) is 34.5 Å². The molecule has 2 atom stereocenters. The SMILES string of the molecule is COc1ccc([C@@H]2C[C@@]23C(=O)N(Cc2cccc(C(=O)O)c2)c2ccccc23)cc1. The Morgan fingerprint density at radius 1 is 1.10 bits per heavy atom. The van der Waals surface area contributed by atoms with Crippen LogP contribution in [0.3, 0.4) is 0 Å². The highest BCUT2D eigenvalue weighted by atomic mass is 16.5. The molecule has 5 heteroatoms. The molecule has 0 saturated heterocycles. The fourth-order valence-corrected chi connectivity index (χ4v) is 4.73. The largest absolute Gasteiger partial charge is 0.497 e. The lowest BCUT2D eigenvalue weighted by atomic mass is 9.92. The number of carbonyl (C=O) groups excluding carboxylic acids is 1. The average Bonchev–Trinajstić information content (AvgIpc) is 3.49. The molecule has 1 fully saturated rings. The fourth-order valence-electron chi connectivity index (χ4n) is 4.73. The lowest BCUT2D eigenvalue weighted by Crippen LogP contribution is -2.32. The van der Waals surface area contributed by atoms with Crippen molar-refractivity contribution in [3.8, 4) is 5.75 Å². The normalized spacial score (nSPS) is 21.6. The summed E-state index contributed by atoms with van der Waals surface area (Å²) in [5, 5.41) is 9.28. The number of carbonyl (C=O) groups is 2. The summed E-state index contributed by atoms with van der Waals surface area (Å²) in [5.74, 6) is 0.0485. The van der Waals surface area contributed by atoms with Gasteiger partial charge >= 0.3 is 5.97 Å². The number of nitrogens with zero attached hydrogens (tertiary/aromatic N) is 1. The summed E-state index contributed by atoms with van der Waals surface area (Å²) in [7, 11) is 1.64. The number of benzene rings is 3. The van der Waals surface area contributed by atoms with Gasteiger partial charge in [0.15, 0.2) is 0 Å². The van der Waals surface area contributed by atoms with Crippen molar-refractivity contribution in [2.24, 2.45) is 0 Å². The molecule has 1 aliphatic heterocycles. The number of rotatable bonds is 5. The van der Waals surface area contributed by atoms with Crippen LogP contribution in [0.1, 0.15) is 39.4 Å². The number of aromatic carboxylic acids is 1. The maximum absolute atomic E-state index is 13.7. The molecule has 3 aromatic rings. The summed E-state index contributed by atoms with van der Waals surface area (Å²) in [6.45, 7) is 0.355. The second-order valence-electron chi connectivity index (χ2n) is 7.92. The van der Waals surface area contributed by atoms with Crippen LogP contribution in [0.2, 0.25) is 0 Å². The highest BCUT2D eigenvalue weighted by Crippen LogP contribution is 2.66. The standard InChI is InChI=1S/C25H21NO4/c1-30-19-11-9-17(10-12-19)21-14-25(21)20-7-2-3-8-22(20)26(24(25)29)15-16-5-4-6-18(13-16)23(27)28/h2-13,21H,14-15H2,1H3,(H,27,28)/t21-,25-/m0/s1. The Morgan fingerprint density at radius 3 is 2.60 bits per heavy atom. The number of carboxylic acid groups (broad SMARTS) is 1. The lowest BCUT2D eigenvalue weighted by molar-refractivity contribution is -0.120. The van der Waals surface area contributed by atoms with Crippen molar-refractivity contribution in [3.63, 3.8) is 0 Å². The zero-order valence-corrected chi connectivity index (χ0v) is 16.5. The molecule has 30 heavy (non-hydrogen) atoms. The summed E-state index contributed by atoms with van der Waals surface area (Å²) in [6.07, 6.45) is 0.779. The average molecular weight is 399 g/mol. The molecule has 150 valence electrons. The van der Waals surface area contributed by atoms with Gasteiger partial charge in [-0.25, -0.2) is 4.79 Å². The highest BCUT2D eigenvalue weighted by molar-refractivity contribution is 6.11. The third kappa shape index (κ3) is 2.70. The minimum Gasteiger partial charge on any atom is -0.497 e. The first-order valence-corrected chi connectivity index (χ1v) is 9.92. The Balaban J connectivity index is 1.49. The van der Waals surface area contributed by atoms with Crippen LogP contribution in [0.4, 0.5) is 5.69 Å². The lowest BCUT2D eigenvalue weighted by Gasteiger charge is -2.19. The number of fused-ring (bicyclic) bond motifs is 2. The minimum atomic E-state index is -0.969. The minimum absolute atomic E-state index is 0.0882. The Bertz CT molecular complexity index is 1150. The van der Waals surface area contributed by atoms with Crippen molar-refractivity contribution in [3.05, 3.63) is 95.1 Å². The molecule has 0 bridgehead atoms. The molecular formula is C25H21NO4. The van der Waals surface area contributed by atoms with Gasteiger partial charge in [0.2, 0.25) is 5.91 Å². The Morgan fingerprint density at radius 2 is 1.87 bits per heavy atom. The molecule has 0 unspecified atom stereocenters. The number of hydrogen-bond acceptors (Lipinski definition) is 3. The Kier molecular flexibility index (Phi) is 4.13. The van der Waals surface area contributed by atoms with Gasteiger partial charge in [0.1, 0.15) is 5.75 Å². The van der Waals surface area contributed by atoms with Gasteiger partial charge in [0.05, 0.1) is 24.6 Å². The first kappa shape index (κ1) is 18.4. The third-order valence-corrected chi connectivity index (χ3v) is 6.30. The second kappa shape index (κ2) is 6.73. The molecule has 1 amide bonds. The van der Waals surface area contributed by atoms with Crippen molar-refractivity contribution in [2.45, 2.75) is 24.3 Å². The van der Waals surface area contributed by atoms with Crippen LogP contribution in [0.5, 0.6) is 5.75 Å². The fraction of sp³-hybridized carbons (Fsp3) is 0.200. The van der Waals surface area contributed by atoms with Crippen molar-refractivity contribution in [1.82, 2.24) is 0 Å². The molecule has 3 aromatic carbocycles. The molecule has 1 spiro atoms. The van der Waals surface area contributed by atoms with Crippen molar-refractivity contribution < 1.29 is 19.4 Å². The summed E-state index contributed by atoms with van der Waals surface area (Å²) < 4.78 is 5.26. The van der Waals surface area contributed by atoms with Crippen LogP contribution < -0.4 is 9.64 Å². The molecule has 1 N–H and O–H groups in total. The first-order chi connectivity index (χ1) is 14.5. The number of carboxylic acids is 1. The van der Waals surface area contributed by atoms with E-state index in [1.807, 2.05) is 54.6 Å². The van der Waals surface area contributed by atoms with E-state index in [-0.39, 0.29) is 17.4 Å². The van der Waals surface area contributed by atoms with Gasteiger partial charge < -0.3 is 14.7 Å². The van der Waals surface area contributed by atoms with Crippen LogP contribution in [0.25, 0.3) is 0 Å².